The zero-order valence-corrected chi connectivity index (χ0v) is 32.9. The van der Waals surface area contributed by atoms with Crippen LogP contribution in [-0.2, 0) is 20.9 Å². The summed E-state index contributed by atoms with van der Waals surface area (Å²) >= 11 is 0. The number of hydrogen-bond donors (Lipinski definition) is 3. The molecule has 3 fully saturated rings. The van der Waals surface area contributed by atoms with Crippen molar-refractivity contribution < 1.29 is 23.4 Å². The van der Waals surface area contributed by atoms with E-state index in [1.165, 1.54) is 11.1 Å². The third-order valence-electron chi connectivity index (χ3n) is 12.2. The number of ether oxygens (including phenoxy) is 1. The van der Waals surface area contributed by atoms with Gasteiger partial charge in [0.05, 0.1) is 18.0 Å². The van der Waals surface area contributed by atoms with E-state index in [1.54, 1.807) is 0 Å². The van der Waals surface area contributed by atoms with Crippen LogP contribution in [0.15, 0.2) is 79.1 Å². The van der Waals surface area contributed by atoms with Crippen molar-refractivity contribution in [3.05, 3.63) is 101 Å². The minimum atomic E-state index is -0.255. The Morgan fingerprint density at radius 3 is 2.43 bits per heavy atom. The van der Waals surface area contributed by atoms with Gasteiger partial charge in [-0.1, -0.05) is 48.5 Å². The molecule has 58 heavy (non-hydrogen) atoms. The molecule has 3 amide bonds. The number of nitrogens with one attached hydrogen (secondary N) is 3. The molecule has 1 unspecified atom stereocenters. The molecule has 304 valence electrons. The van der Waals surface area contributed by atoms with E-state index in [0.29, 0.717) is 43.7 Å². The van der Waals surface area contributed by atoms with E-state index in [9.17, 15) is 14.4 Å². The predicted molar refractivity (Wildman–Crippen MR) is 229 cm³/mol. The highest BCUT2D eigenvalue weighted by molar-refractivity contribution is 6.01. The van der Waals surface area contributed by atoms with Crippen molar-refractivity contribution in [1.29, 1.82) is 0 Å². The Morgan fingerprint density at radius 2 is 1.66 bits per heavy atom. The fourth-order valence-corrected chi connectivity index (χ4v) is 8.73. The van der Waals surface area contributed by atoms with Crippen LogP contribution < -0.4 is 20.7 Å². The zero-order valence-electron chi connectivity index (χ0n) is 32.9. The lowest BCUT2D eigenvalue weighted by Crippen LogP contribution is -2.51. The van der Waals surface area contributed by atoms with E-state index < -0.39 is 0 Å². The van der Waals surface area contributed by atoms with Gasteiger partial charge in [0.1, 0.15) is 12.3 Å². The largest absolute Gasteiger partial charge is 0.474 e. The van der Waals surface area contributed by atoms with E-state index in [1.807, 2.05) is 35.5 Å². The van der Waals surface area contributed by atoms with Crippen LogP contribution in [0.1, 0.15) is 64.1 Å². The lowest BCUT2D eigenvalue weighted by Gasteiger charge is -2.37. The Bertz CT molecular complexity index is 2340. The quantitative estimate of drug-likeness (QED) is 0.144. The van der Waals surface area contributed by atoms with Crippen LogP contribution in [-0.4, -0.2) is 106 Å². The Hall–Kier alpha value is -5.92. The van der Waals surface area contributed by atoms with Gasteiger partial charge in [-0.3, -0.25) is 29.5 Å². The minimum absolute atomic E-state index is 0. The van der Waals surface area contributed by atoms with Gasteiger partial charge < -0.3 is 20.3 Å². The molecule has 1 atom stereocenters. The van der Waals surface area contributed by atoms with Crippen LogP contribution >= 0.6 is 0 Å². The van der Waals surface area contributed by atoms with E-state index in [4.69, 9.17) is 9.72 Å². The zero-order chi connectivity index (χ0) is 39.6. The van der Waals surface area contributed by atoms with Crippen LogP contribution in [0.3, 0.4) is 0 Å². The van der Waals surface area contributed by atoms with Crippen molar-refractivity contribution in [3.8, 4) is 17.0 Å². The molecule has 6 heterocycles. The van der Waals surface area contributed by atoms with Gasteiger partial charge in [-0.25, -0.2) is 15.0 Å². The first-order valence-electron chi connectivity index (χ1n) is 20.5. The minimum Gasteiger partial charge on any atom is -0.474 e. The number of imide groups is 1. The Morgan fingerprint density at radius 1 is 0.879 bits per heavy atom. The van der Waals surface area contributed by atoms with E-state index in [2.05, 4.69) is 91.2 Å². The number of likely N-dealkylation sites (tertiary alicyclic amines) is 1. The van der Waals surface area contributed by atoms with Crippen LogP contribution in [0.2, 0.25) is 0 Å². The Kier molecular flexibility index (Phi) is 10.7. The molecule has 0 radical (unpaired) electrons. The molecule has 13 nitrogen and oxygen atoms in total. The monoisotopic (exact) mass is 785 g/mol. The molecular weight excluding hydrogens is 731 g/mol. The maximum Gasteiger partial charge on any atom is 0.237 e. The fraction of sp³-hybridized carbons (Fsp3) is 0.378. The van der Waals surface area contributed by atoms with Gasteiger partial charge in [0.25, 0.3) is 0 Å². The number of rotatable bonds is 9. The molecule has 4 aliphatic rings. The summed E-state index contributed by atoms with van der Waals surface area (Å²) < 4.78 is 5.71. The van der Waals surface area contributed by atoms with Gasteiger partial charge in [-0.2, -0.15) is 0 Å². The average molecular weight is 786 g/mol. The number of fused-ring (bicyclic) bond motifs is 2. The summed E-state index contributed by atoms with van der Waals surface area (Å²) in [5, 5.41) is 10.2. The van der Waals surface area contributed by atoms with Gasteiger partial charge >= 0.3 is 0 Å². The first-order valence-corrected chi connectivity index (χ1v) is 20.5. The molecule has 5 aromatic rings. The molecule has 4 aliphatic heterocycles. The van der Waals surface area contributed by atoms with Gasteiger partial charge in [-0.15, -0.1) is 0 Å². The normalized spacial score (nSPS) is 19.3. The first kappa shape index (κ1) is 37.6. The Labute approximate surface area is 342 Å². The highest BCUT2D eigenvalue weighted by Crippen LogP contribution is 2.36. The average Bonchev–Trinajstić information content (AvgIpc) is 3.25. The van der Waals surface area contributed by atoms with Gasteiger partial charge in [0.2, 0.25) is 29.5 Å². The number of pyridine rings is 1. The van der Waals surface area contributed by atoms with Crippen LogP contribution in [0.25, 0.3) is 22.0 Å². The number of benzene rings is 3. The van der Waals surface area contributed by atoms with E-state index in [0.717, 1.165) is 110 Å². The molecule has 9 rings (SSSR count). The van der Waals surface area contributed by atoms with Crippen molar-refractivity contribution in [1.82, 2.24) is 35.0 Å². The number of amides is 3. The number of anilines is 3. The van der Waals surface area contributed by atoms with Crippen molar-refractivity contribution in [2.45, 2.75) is 51.0 Å². The molecule has 0 saturated carbocycles. The van der Waals surface area contributed by atoms with Crippen molar-refractivity contribution >= 4 is 45.9 Å². The maximum absolute atomic E-state index is 13.3. The maximum atomic E-state index is 13.3. The SMILES string of the molecule is Cc1c(-c2ccc3cnc(Nc4ccc(CN5CCN(C(=O)CN6CCC(c7ccc(C8CCC(=O)NC8=O)cc7)CC6)CC5)cc4)nc3c2)cnc2c1NCCO2.[HH].[HH].[HH]. The Balaban J connectivity index is 0.00000207. The van der Waals surface area contributed by atoms with Gasteiger partial charge in [0, 0.05) is 79.0 Å². The van der Waals surface area contributed by atoms with Gasteiger partial charge in [0.15, 0.2) is 0 Å². The highest BCUT2D eigenvalue weighted by atomic mass is 16.5. The molecule has 3 aromatic carbocycles. The third-order valence-corrected chi connectivity index (χ3v) is 12.2. The second kappa shape index (κ2) is 16.5. The van der Waals surface area contributed by atoms with Crippen molar-refractivity contribution in [2.75, 3.05) is 69.6 Å². The molecule has 0 bridgehead atoms. The smallest absolute Gasteiger partial charge is 0.237 e. The number of piperazine rings is 1. The summed E-state index contributed by atoms with van der Waals surface area (Å²) in [5.41, 5.74) is 9.37. The lowest BCUT2D eigenvalue weighted by atomic mass is 9.86. The summed E-state index contributed by atoms with van der Waals surface area (Å²) in [5.74, 6) is 1.21. The summed E-state index contributed by atoms with van der Waals surface area (Å²) in [4.78, 5) is 57.8. The first-order chi connectivity index (χ1) is 28.3. The van der Waals surface area contributed by atoms with Crippen LogP contribution in [0.4, 0.5) is 17.3 Å². The third kappa shape index (κ3) is 8.23. The summed E-state index contributed by atoms with van der Waals surface area (Å²) in [6, 6.07) is 23.0. The summed E-state index contributed by atoms with van der Waals surface area (Å²) in [6.45, 7) is 9.73. The second-order valence-corrected chi connectivity index (χ2v) is 15.9. The fourth-order valence-electron chi connectivity index (χ4n) is 8.73. The highest BCUT2D eigenvalue weighted by Gasteiger charge is 2.29. The number of aromatic nitrogens is 3. The standard InChI is InChI=1S/C45H49N9O4.3H2/c1-29-38(26-47-44-42(29)46-16-23-58-44)34-8-9-35-25-48-45(50-39(35)24-34)49-36-10-2-30(3-11-36)27-53-19-21-54(22-20-53)41(56)28-52-17-14-32(15-18-52)31-4-6-33(7-5-31)37-12-13-40(55)51-43(37)57;;;/h2-11,24-26,32,37,46H,12-23,27-28H2,1H3,(H,48,49,50)(H,51,55,57);3*1H. The molecule has 0 spiro atoms. The summed E-state index contributed by atoms with van der Waals surface area (Å²) in [7, 11) is 0. The molecular formula is C45H55N9O4. The molecule has 3 saturated heterocycles. The number of hydrogen-bond acceptors (Lipinski definition) is 11. The van der Waals surface area contributed by atoms with Gasteiger partial charge in [-0.05, 0) is 91.2 Å². The van der Waals surface area contributed by atoms with Crippen molar-refractivity contribution in [2.24, 2.45) is 0 Å². The number of nitrogens with zero attached hydrogens (tertiary/aromatic N) is 6. The second-order valence-electron chi connectivity index (χ2n) is 15.9. The summed E-state index contributed by atoms with van der Waals surface area (Å²) in [6.07, 6.45) is 6.68. The number of carbonyl (C=O) groups is 3. The molecule has 2 aromatic heterocycles. The van der Waals surface area contributed by atoms with Crippen LogP contribution in [0, 0.1) is 6.92 Å². The van der Waals surface area contributed by atoms with E-state index >= 15 is 0 Å². The molecule has 0 aliphatic carbocycles. The number of carbonyl (C=O) groups excluding carboxylic acids is 3. The van der Waals surface area contributed by atoms with E-state index in [-0.39, 0.29) is 27.9 Å². The molecule has 13 heteroatoms. The predicted octanol–water partition coefficient (Wildman–Crippen LogP) is 6.33. The topological polar surface area (TPSA) is 145 Å². The lowest BCUT2D eigenvalue weighted by molar-refractivity contribution is -0.135. The van der Waals surface area contributed by atoms with Crippen molar-refractivity contribution in [3.63, 3.8) is 0 Å². The number of piperidine rings is 2. The van der Waals surface area contributed by atoms with Crippen LogP contribution in [0.5, 0.6) is 5.88 Å². The molecule has 3 N–H and O–H groups in total.